The number of thioether (sulfide) groups is 1. The monoisotopic (exact) mass is 462 g/mol. The minimum atomic E-state index is -4.66. The summed E-state index contributed by atoms with van der Waals surface area (Å²) >= 11 is 1.58. The molecule has 8 heteroatoms. The highest BCUT2D eigenvalue weighted by Gasteiger charge is 2.33. The zero-order valence-electron chi connectivity index (χ0n) is 18.4. The summed E-state index contributed by atoms with van der Waals surface area (Å²) in [7, 11) is 0. The van der Waals surface area contributed by atoms with E-state index in [1.54, 1.807) is 18.7 Å². The maximum atomic E-state index is 13.1. The summed E-state index contributed by atoms with van der Waals surface area (Å²) in [5, 5.41) is 0. The highest BCUT2D eigenvalue weighted by molar-refractivity contribution is 8.02. The summed E-state index contributed by atoms with van der Waals surface area (Å²) in [5.41, 5.74) is 0.492. The third-order valence-corrected chi connectivity index (χ3v) is 5.25. The van der Waals surface area contributed by atoms with Gasteiger partial charge in [0.2, 0.25) is 5.71 Å². The van der Waals surface area contributed by atoms with Crippen LogP contribution in [0.15, 0.2) is 53.0 Å². The molecule has 0 spiro atoms. The predicted molar refractivity (Wildman–Crippen MR) is 118 cm³/mol. The van der Waals surface area contributed by atoms with Gasteiger partial charge in [-0.15, -0.1) is 11.8 Å². The minimum Gasteiger partial charge on any atom is -0.434 e. The Kier molecular flexibility index (Phi) is 11.0. The van der Waals surface area contributed by atoms with Crippen molar-refractivity contribution < 1.29 is 31.3 Å². The second-order valence-corrected chi connectivity index (χ2v) is 7.52. The Bertz CT molecular complexity index is 854. The Balaban J connectivity index is 0.00000233. The molecule has 0 aliphatic carbocycles. The van der Waals surface area contributed by atoms with Crippen molar-refractivity contribution in [3.63, 3.8) is 0 Å². The van der Waals surface area contributed by atoms with Gasteiger partial charge in [-0.2, -0.15) is 22.0 Å². The minimum absolute atomic E-state index is 0.206. The quantitative estimate of drug-likeness (QED) is 0.325. The summed E-state index contributed by atoms with van der Waals surface area (Å²) in [6.45, 7) is 5.61. The molecule has 1 heterocycles. The van der Waals surface area contributed by atoms with E-state index in [1.165, 1.54) is 6.07 Å². The van der Waals surface area contributed by atoms with Crippen molar-refractivity contribution in [3.05, 3.63) is 64.1 Å². The molecule has 172 valence electrons. The van der Waals surface area contributed by atoms with E-state index in [1.807, 2.05) is 55.9 Å². The van der Waals surface area contributed by atoms with E-state index in [-0.39, 0.29) is 5.56 Å². The SMILES string of the molecule is CC.CS/C(C)=C/C[N+]1=C(c2ccc(C(F)(F)F)cc2OC(F)F)/C(C)=C/C=C\CC1. The number of rotatable bonds is 6. The molecule has 0 atom stereocenters. The zero-order chi connectivity index (χ0) is 23.6. The number of allylic oxidation sites excluding steroid dienone is 4. The first kappa shape index (κ1) is 26.9. The maximum Gasteiger partial charge on any atom is 0.416 e. The number of hydrogen-bond donors (Lipinski definition) is 0. The van der Waals surface area contributed by atoms with Crippen LogP contribution < -0.4 is 4.74 Å². The fraction of sp³-hybridized carbons (Fsp3) is 0.435. The van der Waals surface area contributed by atoms with Crippen LogP contribution in [0.5, 0.6) is 5.75 Å². The van der Waals surface area contributed by atoms with Gasteiger partial charge in [-0.05, 0) is 49.3 Å². The van der Waals surface area contributed by atoms with E-state index in [2.05, 4.69) is 4.74 Å². The third-order valence-electron chi connectivity index (χ3n) is 4.44. The first-order valence-corrected chi connectivity index (χ1v) is 11.2. The van der Waals surface area contributed by atoms with Crippen molar-refractivity contribution >= 4 is 17.5 Å². The van der Waals surface area contributed by atoms with Gasteiger partial charge in [0, 0.05) is 12.0 Å². The second kappa shape index (κ2) is 12.7. The first-order valence-electron chi connectivity index (χ1n) is 9.96. The molecule has 0 amide bonds. The van der Waals surface area contributed by atoms with Gasteiger partial charge in [0.25, 0.3) is 0 Å². The Hall–Kier alpha value is -2.09. The molecule has 0 radical (unpaired) electrons. The Morgan fingerprint density at radius 3 is 2.52 bits per heavy atom. The Morgan fingerprint density at radius 2 is 1.94 bits per heavy atom. The van der Waals surface area contributed by atoms with E-state index >= 15 is 0 Å². The molecule has 0 saturated carbocycles. The maximum absolute atomic E-state index is 13.1. The largest absolute Gasteiger partial charge is 0.434 e. The fourth-order valence-electron chi connectivity index (χ4n) is 2.95. The lowest BCUT2D eigenvalue weighted by atomic mass is 9.98. The molecule has 2 rings (SSSR count). The molecule has 0 aromatic heterocycles. The van der Waals surface area contributed by atoms with Crippen molar-refractivity contribution in [2.24, 2.45) is 0 Å². The molecule has 0 N–H and O–H groups in total. The standard InChI is InChI=1S/C21H23F5NOS.C2H6/c1-14-7-5-4-6-11-27(12-10-15(2)29-3)19(14)17-9-8-16(21(24,25)26)13-18(17)28-20(22)23;1-2/h4-5,7-10,13,20H,6,11-12H2,1-3H3;1-2H3/q+1;/b5-4-,14-7+,15-10+,27-19?;. The summed E-state index contributed by atoms with van der Waals surface area (Å²) in [6.07, 6.45) is 5.66. The number of hydrogen-bond acceptors (Lipinski definition) is 2. The molecule has 31 heavy (non-hydrogen) atoms. The smallest absolute Gasteiger partial charge is 0.416 e. The van der Waals surface area contributed by atoms with Crippen LogP contribution >= 0.6 is 11.8 Å². The van der Waals surface area contributed by atoms with Gasteiger partial charge in [-0.3, -0.25) is 0 Å². The van der Waals surface area contributed by atoms with Crippen LogP contribution in [0.4, 0.5) is 22.0 Å². The van der Waals surface area contributed by atoms with Crippen molar-refractivity contribution in [2.75, 3.05) is 19.3 Å². The molecule has 0 bridgehead atoms. The molecule has 2 nitrogen and oxygen atoms in total. The number of benzene rings is 1. The van der Waals surface area contributed by atoms with Crippen molar-refractivity contribution in [1.29, 1.82) is 0 Å². The van der Waals surface area contributed by atoms with Crippen LogP contribution in [0.1, 0.15) is 45.2 Å². The topological polar surface area (TPSA) is 12.2 Å². The Morgan fingerprint density at radius 1 is 1.26 bits per heavy atom. The lowest BCUT2D eigenvalue weighted by Gasteiger charge is -2.17. The van der Waals surface area contributed by atoms with Crippen LogP contribution in [0.25, 0.3) is 0 Å². The van der Waals surface area contributed by atoms with Gasteiger partial charge in [0.15, 0.2) is 6.54 Å². The highest BCUT2D eigenvalue weighted by Crippen LogP contribution is 2.34. The van der Waals surface area contributed by atoms with Crippen LogP contribution in [-0.4, -0.2) is 36.2 Å². The van der Waals surface area contributed by atoms with Crippen LogP contribution in [0.2, 0.25) is 0 Å². The van der Waals surface area contributed by atoms with Crippen molar-refractivity contribution in [3.8, 4) is 5.75 Å². The van der Waals surface area contributed by atoms with E-state index in [9.17, 15) is 22.0 Å². The summed E-state index contributed by atoms with van der Waals surface area (Å²) < 4.78 is 71.7. The van der Waals surface area contributed by atoms with E-state index in [0.29, 0.717) is 31.3 Å². The molecule has 1 aromatic rings. The van der Waals surface area contributed by atoms with Crippen LogP contribution in [0, 0.1) is 0 Å². The lowest BCUT2D eigenvalue weighted by Crippen LogP contribution is -2.26. The van der Waals surface area contributed by atoms with Crippen molar-refractivity contribution in [2.45, 2.75) is 46.9 Å². The summed E-state index contributed by atoms with van der Waals surface area (Å²) in [5.74, 6) is -0.488. The van der Waals surface area contributed by atoms with Gasteiger partial charge in [-0.25, -0.2) is 4.58 Å². The molecule has 1 aliphatic rings. The molecule has 0 unspecified atom stereocenters. The van der Waals surface area contributed by atoms with Crippen molar-refractivity contribution in [1.82, 2.24) is 0 Å². The second-order valence-electron chi connectivity index (χ2n) is 6.47. The molecular weight excluding hydrogens is 433 g/mol. The average molecular weight is 463 g/mol. The van der Waals surface area contributed by atoms with Gasteiger partial charge >= 0.3 is 12.8 Å². The fourth-order valence-corrected chi connectivity index (χ4v) is 3.20. The molecule has 1 aromatic carbocycles. The first-order chi connectivity index (χ1) is 14.6. The van der Waals surface area contributed by atoms with E-state index in [4.69, 9.17) is 0 Å². The predicted octanol–water partition coefficient (Wildman–Crippen LogP) is 7.31. The Labute approximate surface area is 185 Å². The number of ether oxygens (including phenoxy) is 1. The third kappa shape index (κ3) is 8.16. The molecular formula is C23H29F5NOS+. The van der Waals surface area contributed by atoms with Gasteiger partial charge in [0.05, 0.1) is 11.1 Å². The van der Waals surface area contributed by atoms with Gasteiger partial charge in [-0.1, -0.05) is 32.1 Å². The van der Waals surface area contributed by atoms with Gasteiger partial charge in [0.1, 0.15) is 12.3 Å². The number of alkyl halides is 5. The number of halogens is 5. The highest BCUT2D eigenvalue weighted by atomic mass is 32.2. The lowest BCUT2D eigenvalue weighted by molar-refractivity contribution is -0.516. The average Bonchev–Trinajstić information content (AvgIpc) is 2.70. The summed E-state index contributed by atoms with van der Waals surface area (Å²) in [6, 6.07) is 2.73. The summed E-state index contributed by atoms with van der Waals surface area (Å²) in [4.78, 5) is 1.08. The van der Waals surface area contributed by atoms with Gasteiger partial charge < -0.3 is 4.74 Å². The van der Waals surface area contributed by atoms with Crippen LogP contribution in [-0.2, 0) is 6.18 Å². The molecule has 1 aliphatic heterocycles. The van der Waals surface area contributed by atoms with E-state index < -0.39 is 24.1 Å². The molecule has 0 fully saturated rings. The number of nitrogens with zero attached hydrogens (tertiary/aromatic N) is 1. The zero-order valence-corrected chi connectivity index (χ0v) is 19.2. The van der Waals surface area contributed by atoms with E-state index in [0.717, 1.165) is 16.5 Å². The normalized spacial score (nSPS) is 17.9. The van der Waals surface area contributed by atoms with Crippen LogP contribution in [0.3, 0.4) is 0 Å². The molecule has 0 saturated heterocycles.